The molecule has 0 fully saturated rings. The number of methoxy groups -OCH3 is 1. The van der Waals surface area contributed by atoms with Gasteiger partial charge in [0, 0.05) is 25.2 Å². The Morgan fingerprint density at radius 3 is 2.62 bits per heavy atom. The van der Waals surface area contributed by atoms with Gasteiger partial charge in [-0.25, -0.2) is 9.78 Å². The molecule has 112 valence electrons. The summed E-state index contributed by atoms with van der Waals surface area (Å²) in [6.45, 7) is 1.69. The van der Waals surface area contributed by atoms with Crippen LogP contribution in [0.4, 0.5) is 0 Å². The second kappa shape index (κ2) is 5.72. The molecule has 2 heterocycles. The summed E-state index contributed by atoms with van der Waals surface area (Å²) in [4.78, 5) is 40.4. The van der Waals surface area contributed by atoms with Crippen molar-refractivity contribution >= 4 is 28.8 Å². The second-order valence-corrected chi connectivity index (χ2v) is 5.88. The number of aryl methyl sites for hydroxylation is 1. The van der Waals surface area contributed by atoms with Crippen molar-refractivity contribution in [1.29, 1.82) is 0 Å². The lowest BCUT2D eigenvalue weighted by Gasteiger charge is -2.12. The highest BCUT2D eigenvalue weighted by atomic mass is 32.2. The summed E-state index contributed by atoms with van der Waals surface area (Å²) in [6.07, 6.45) is 1.51. The number of carbonyl (C=O) groups excluding carboxylic acids is 1. The van der Waals surface area contributed by atoms with E-state index in [-0.39, 0.29) is 5.97 Å². The maximum atomic E-state index is 12.3. The van der Waals surface area contributed by atoms with Gasteiger partial charge in [-0.05, 0) is 13.0 Å². The van der Waals surface area contributed by atoms with E-state index in [1.807, 2.05) is 0 Å². The highest BCUT2D eigenvalue weighted by molar-refractivity contribution is 8.00. The van der Waals surface area contributed by atoms with Crippen LogP contribution in [0, 0.1) is 0 Å². The van der Waals surface area contributed by atoms with E-state index in [1.54, 1.807) is 20.0 Å². The normalized spacial score (nSPS) is 12.4. The average Bonchev–Trinajstić information content (AvgIpc) is 2.49. The number of rotatable bonds is 3. The monoisotopic (exact) mass is 309 g/mol. The third-order valence-corrected chi connectivity index (χ3v) is 4.28. The Hall–Kier alpha value is -2.09. The summed E-state index contributed by atoms with van der Waals surface area (Å²) < 4.78 is 7.01. The number of nitrogens with zero attached hydrogens (tertiary/aromatic N) is 3. The molecule has 0 aliphatic rings. The van der Waals surface area contributed by atoms with E-state index in [4.69, 9.17) is 0 Å². The Kier molecular flexibility index (Phi) is 4.17. The van der Waals surface area contributed by atoms with Gasteiger partial charge in [0.1, 0.15) is 10.9 Å². The number of esters is 1. The third-order valence-electron chi connectivity index (χ3n) is 3.14. The Balaban J connectivity index is 2.70. The summed E-state index contributed by atoms with van der Waals surface area (Å²) in [5, 5.41) is -0.148. The topological polar surface area (TPSA) is 83.2 Å². The molecular formula is C13H15N3O4S. The van der Waals surface area contributed by atoms with Crippen molar-refractivity contribution in [2.75, 3.05) is 7.11 Å². The van der Waals surface area contributed by atoms with Crippen LogP contribution in [0.2, 0.25) is 0 Å². The minimum absolute atomic E-state index is 0.296. The van der Waals surface area contributed by atoms with Gasteiger partial charge >= 0.3 is 11.7 Å². The van der Waals surface area contributed by atoms with Crippen molar-refractivity contribution in [3.05, 3.63) is 33.1 Å². The van der Waals surface area contributed by atoms with E-state index < -0.39 is 16.5 Å². The van der Waals surface area contributed by atoms with Gasteiger partial charge in [-0.1, -0.05) is 0 Å². The first-order valence-electron chi connectivity index (χ1n) is 6.17. The van der Waals surface area contributed by atoms with Crippen molar-refractivity contribution in [3.63, 3.8) is 0 Å². The summed E-state index contributed by atoms with van der Waals surface area (Å²) in [5.74, 6) is -0.383. The molecule has 8 heteroatoms. The van der Waals surface area contributed by atoms with Crippen LogP contribution in [-0.2, 0) is 23.6 Å². The molecule has 0 amide bonds. The predicted octanol–water partition coefficient (Wildman–Crippen LogP) is 0.286. The molecule has 2 aromatic rings. The molecule has 2 aromatic heterocycles. The van der Waals surface area contributed by atoms with Gasteiger partial charge in [-0.3, -0.25) is 18.7 Å². The van der Waals surface area contributed by atoms with Crippen LogP contribution < -0.4 is 11.2 Å². The van der Waals surface area contributed by atoms with Gasteiger partial charge in [0.15, 0.2) is 0 Å². The number of ether oxygens (including phenoxy) is 1. The lowest BCUT2D eigenvalue weighted by atomic mass is 10.3. The first kappa shape index (κ1) is 15.3. The molecule has 1 atom stereocenters. The Morgan fingerprint density at radius 1 is 1.33 bits per heavy atom. The van der Waals surface area contributed by atoms with Gasteiger partial charge in [-0.15, -0.1) is 11.8 Å². The van der Waals surface area contributed by atoms with Crippen LogP contribution in [0.1, 0.15) is 6.92 Å². The van der Waals surface area contributed by atoms with Gasteiger partial charge in [0.05, 0.1) is 12.5 Å². The zero-order chi connectivity index (χ0) is 15.7. The number of thioether (sulfide) groups is 1. The quantitative estimate of drug-likeness (QED) is 0.598. The maximum absolute atomic E-state index is 12.3. The van der Waals surface area contributed by atoms with Crippen molar-refractivity contribution < 1.29 is 9.53 Å². The van der Waals surface area contributed by atoms with Crippen LogP contribution >= 0.6 is 11.8 Å². The van der Waals surface area contributed by atoms with Crippen molar-refractivity contribution in [3.8, 4) is 0 Å². The fourth-order valence-electron chi connectivity index (χ4n) is 1.96. The highest BCUT2D eigenvalue weighted by Crippen LogP contribution is 2.27. The van der Waals surface area contributed by atoms with Crippen molar-refractivity contribution in [1.82, 2.24) is 14.1 Å². The summed E-state index contributed by atoms with van der Waals surface area (Å²) in [7, 11) is 4.28. The van der Waals surface area contributed by atoms with Crippen LogP contribution in [0.5, 0.6) is 0 Å². The molecule has 0 radical (unpaired) electrons. The minimum Gasteiger partial charge on any atom is -0.468 e. The number of fused-ring (bicyclic) bond motifs is 1. The van der Waals surface area contributed by atoms with Crippen molar-refractivity contribution in [2.45, 2.75) is 17.1 Å². The first-order chi connectivity index (χ1) is 9.88. The van der Waals surface area contributed by atoms with Crippen LogP contribution in [0.15, 0.2) is 26.7 Å². The van der Waals surface area contributed by atoms with Crippen LogP contribution in [-0.4, -0.2) is 32.4 Å². The molecule has 0 saturated heterocycles. The van der Waals surface area contributed by atoms with E-state index in [1.165, 1.54) is 36.7 Å². The number of aromatic nitrogens is 3. The lowest BCUT2D eigenvalue weighted by Crippen LogP contribution is -2.37. The molecule has 0 aliphatic carbocycles. The van der Waals surface area contributed by atoms with Gasteiger partial charge in [0.2, 0.25) is 0 Å². The molecule has 0 aromatic carbocycles. The molecule has 21 heavy (non-hydrogen) atoms. The molecule has 0 unspecified atom stereocenters. The molecule has 7 nitrogen and oxygen atoms in total. The van der Waals surface area contributed by atoms with Crippen molar-refractivity contribution in [2.24, 2.45) is 14.1 Å². The molecule has 0 aliphatic heterocycles. The molecule has 0 saturated carbocycles. The van der Waals surface area contributed by atoms with Gasteiger partial charge in [0.25, 0.3) is 5.56 Å². The van der Waals surface area contributed by atoms with Crippen LogP contribution in [0.25, 0.3) is 11.0 Å². The fourth-order valence-corrected chi connectivity index (χ4v) is 2.97. The standard InChI is InChI=1S/C13H15N3O4S/c1-7(12(18)20-4)21-8-5-6-14-10-9(8)11(17)16(3)13(19)15(10)2/h5-7H,1-4H3/t7-/m1/s1. The zero-order valence-electron chi connectivity index (χ0n) is 12.1. The highest BCUT2D eigenvalue weighted by Gasteiger charge is 2.19. The Morgan fingerprint density at radius 2 is 2.00 bits per heavy atom. The van der Waals surface area contributed by atoms with E-state index in [0.717, 1.165) is 4.57 Å². The smallest absolute Gasteiger partial charge is 0.332 e. The lowest BCUT2D eigenvalue weighted by molar-refractivity contribution is -0.139. The summed E-state index contributed by atoms with van der Waals surface area (Å²) >= 11 is 1.20. The number of carbonyl (C=O) groups is 1. The number of hydrogen-bond acceptors (Lipinski definition) is 6. The molecule has 0 spiro atoms. The zero-order valence-corrected chi connectivity index (χ0v) is 12.9. The molecule has 2 rings (SSSR count). The van der Waals surface area contributed by atoms with E-state index >= 15 is 0 Å². The molecular weight excluding hydrogens is 294 g/mol. The van der Waals surface area contributed by atoms with E-state index in [9.17, 15) is 14.4 Å². The largest absolute Gasteiger partial charge is 0.468 e. The first-order valence-corrected chi connectivity index (χ1v) is 7.05. The van der Waals surface area contributed by atoms with E-state index in [2.05, 4.69) is 9.72 Å². The number of pyridine rings is 1. The Bertz CT molecular complexity index is 825. The SMILES string of the molecule is COC(=O)[C@@H](C)Sc1ccnc2c1c(=O)n(C)c(=O)n2C. The van der Waals surface area contributed by atoms with Crippen LogP contribution in [0.3, 0.4) is 0 Å². The minimum atomic E-state index is -0.470. The molecule has 0 bridgehead atoms. The predicted molar refractivity (Wildman–Crippen MR) is 79.6 cm³/mol. The van der Waals surface area contributed by atoms with Gasteiger partial charge in [-0.2, -0.15) is 0 Å². The fraction of sp³-hybridized carbons (Fsp3) is 0.385. The molecule has 0 N–H and O–H groups in total. The Labute approximate surface area is 124 Å². The average molecular weight is 309 g/mol. The van der Waals surface area contributed by atoms with Gasteiger partial charge < -0.3 is 4.74 Å². The summed E-state index contributed by atoms with van der Waals surface area (Å²) in [5.41, 5.74) is -0.575. The third kappa shape index (κ3) is 2.58. The number of hydrogen-bond donors (Lipinski definition) is 0. The van der Waals surface area contributed by atoms with E-state index in [0.29, 0.717) is 15.9 Å². The second-order valence-electron chi connectivity index (χ2n) is 4.50. The maximum Gasteiger partial charge on any atom is 0.332 e. The summed E-state index contributed by atoms with van der Waals surface area (Å²) in [6, 6.07) is 1.65.